The van der Waals surface area contributed by atoms with E-state index < -0.39 is 27.6 Å². The van der Waals surface area contributed by atoms with Crippen molar-refractivity contribution in [3.63, 3.8) is 0 Å². The van der Waals surface area contributed by atoms with E-state index in [0.717, 1.165) is 0 Å². The molecule has 0 unspecified atom stereocenters. The van der Waals surface area contributed by atoms with Crippen molar-refractivity contribution in [1.29, 1.82) is 0 Å². The molecule has 11 heavy (non-hydrogen) atoms. The van der Waals surface area contributed by atoms with Gasteiger partial charge in [-0.1, -0.05) is 0 Å². The van der Waals surface area contributed by atoms with Crippen molar-refractivity contribution in [2.75, 3.05) is 0 Å². The third-order valence-electron chi connectivity index (χ3n) is 0.316. The Morgan fingerprint density at radius 3 is 1.36 bits per heavy atom. The molecule has 0 rings (SSSR count). The summed E-state index contributed by atoms with van der Waals surface area (Å²) in [7, 11) is -11.0. The molecule has 0 saturated carbocycles. The lowest BCUT2D eigenvalue weighted by Crippen LogP contribution is -2.03. The van der Waals surface area contributed by atoms with Crippen LogP contribution in [0.4, 0.5) is 0 Å². The fraction of sp³-hybridized carbons (Fsp3) is 0. The monoisotopic (exact) mass is 226 g/mol. The zero-order valence-corrected chi connectivity index (χ0v) is 7.33. The van der Waals surface area contributed by atoms with Crippen molar-refractivity contribution in [2.24, 2.45) is 0 Å². The van der Waals surface area contributed by atoms with Crippen LogP contribution < -0.4 is 0 Å². The van der Waals surface area contributed by atoms with E-state index in [1.165, 1.54) is 0 Å². The second kappa shape index (κ2) is 4.56. The molecule has 0 aliphatic rings. The van der Waals surface area contributed by atoms with E-state index in [2.05, 4.69) is 7.94 Å². The number of hydrogen-bond donors (Lipinski definition) is 4. The molecule has 0 aromatic rings. The van der Waals surface area contributed by atoms with Gasteiger partial charge < -0.3 is 19.6 Å². The molecule has 0 aromatic heterocycles. The minimum atomic E-state index is -4.72. The Morgan fingerprint density at radius 2 is 1.18 bits per heavy atom. The zero-order chi connectivity index (χ0) is 9.07. The van der Waals surface area contributed by atoms with Crippen molar-refractivity contribution in [2.45, 2.75) is 0 Å². The van der Waals surface area contributed by atoms with Crippen LogP contribution in [0, 0.1) is 0 Å². The average Bonchev–Trinajstić information content (AvgIpc) is 1.53. The van der Waals surface area contributed by atoms with Crippen molar-refractivity contribution >= 4 is 27.6 Å². The standard InChI is InChI=1S/H4O8P2S/c1-9(2)7-11(5,6)8-10(3)4/h1-4H. The molecule has 0 heterocycles. The fourth-order valence-corrected chi connectivity index (χ4v) is 1.84. The lowest BCUT2D eigenvalue weighted by atomic mass is 15.7. The van der Waals surface area contributed by atoms with Gasteiger partial charge >= 0.3 is 27.6 Å². The van der Waals surface area contributed by atoms with Crippen molar-refractivity contribution < 1.29 is 35.9 Å². The Balaban J connectivity index is 4.03. The highest BCUT2D eigenvalue weighted by Crippen LogP contribution is 2.35. The Bertz CT molecular complexity index is 174. The van der Waals surface area contributed by atoms with E-state index in [-0.39, 0.29) is 0 Å². The summed E-state index contributed by atoms with van der Waals surface area (Å²) in [4.78, 5) is 31.9. The predicted molar refractivity (Wildman–Crippen MR) is 33.8 cm³/mol. The molecule has 0 aliphatic carbocycles. The van der Waals surface area contributed by atoms with Crippen LogP contribution in [0.1, 0.15) is 0 Å². The second-order valence-corrected chi connectivity index (χ2v) is 4.08. The van der Waals surface area contributed by atoms with Gasteiger partial charge in [-0.25, -0.2) is 0 Å². The van der Waals surface area contributed by atoms with Gasteiger partial charge in [-0.3, -0.25) is 0 Å². The van der Waals surface area contributed by atoms with Crippen LogP contribution in [0.15, 0.2) is 0 Å². The van der Waals surface area contributed by atoms with E-state index in [4.69, 9.17) is 19.6 Å². The molecule has 0 bridgehead atoms. The molecule has 0 aromatic carbocycles. The first-order valence-electron chi connectivity index (χ1n) is 1.83. The van der Waals surface area contributed by atoms with Gasteiger partial charge in [-0.2, -0.15) is 16.4 Å². The maximum atomic E-state index is 10.2. The molecule has 68 valence electrons. The normalized spacial score (nSPS) is 12.9. The summed E-state index contributed by atoms with van der Waals surface area (Å²) in [5.74, 6) is 0. The fourth-order valence-electron chi connectivity index (χ4n) is 0.177. The van der Waals surface area contributed by atoms with Crippen LogP contribution in [0.5, 0.6) is 0 Å². The van der Waals surface area contributed by atoms with E-state index >= 15 is 0 Å². The topological polar surface area (TPSA) is 134 Å². The predicted octanol–water partition coefficient (Wildman–Crippen LogP) is -1.31. The number of hydrogen-bond acceptors (Lipinski definition) is 8. The third kappa shape index (κ3) is 6.95. The minimum Gasteiger partial charge on any atom is -0.327 e. The molecular weight excluding hydrogens is 222 g/mol. The quantitative estimate of drug-likeness (QED) is 0.434. The van der Waals surface area contributed by atoms with Crippen molar-refractivity contribution in [3.05, 3.63) is 0 Å². The SMILES string of the molecule is O=S(=O)(OP(O)O)OP(O)O. The van der Waals surface area contributed by atoms with Crippen molar-refractivity contribution in [1.82, 2.24) is 0 Å². The second-order valence-electron chi connectivity index (χ2n) is 1.06. The molecule has 0 radical (unpaired) electrons. The average molecular weight is 226 g/mol. The van der Waals surface area contributed by atoms with Crippen LogP contribution in [0.3, 0.4) is 0 Å². The summed E-state index contributed by atoms with van der Waals surface area (Å²) in [5.41, 5.74) is 0. The van der Waals surface area contributed by atoms with Crippen LogP contribution in [-0.2, 0) is 18.3 Å². The summed E-state index contributed by atoms with van der Waals surface area (Å²) in [6, 6.07) is 0. The van der Waals surface area contributed by atoms with Crippen LogP contribution >= 0.6 is 17.2 Å². The first kappa shape index (κ1) is 11.6. The summed E-state index contributed by atoms with van der Waals surface area (Å²) in [6.07, 6.45) is 0. The maximum Gasteiger partial charge on any atom is 0.413 e. The highest BCUT2D eigenvalue weighted by molar-refractivity contribution is 7.88. The van der Waals surface area contributed by atoms with Gasteiger partial charge in [0, 0.05) is 0 Å². The molecule has 0 saturated heterocycles. The maximum absolute atomic E-state index is 10.2. The van der Waals surface area contributed by atoms with E-state index in [9.17, 15) is 8.42 Å². The molecular formula is H4O8P2S. The van der Waals surface area contributed by atoms with Crippen molar-refractivity contribution in [3.8, 4) is 0 Å². The van der Waals surface area contributed by atoms with Gasteiger partial charge in [0.05, 0.1) is 0 Å². The zero-order valence-electron chi connectivity index (χ0n) is 4.72. The molecule has 8 nitrogen and oxygen atoms in total. The van der Waals surface area contributed by atoms with E-state index in [1.54, 1.807) is 0 Å². The van der Waals surface area contributed by atoms with E-state index in [1.807, 2.05) is 0 Å². The minimum absolute atomic E-state index is 3.14. The molecule has 0 amide bonds. The first-order valence-corrected chi connectivity index (χ1v) is 5.50. The summed E-state index contributed by atoms with van der Waals surface area (Å²) in [6.45, 7) is 0. The van der Waals surface area contributed by atoms with Crippen LogP contribution in [0.2, 0.25) is 0 Å². The van der Waals surface area contributed by atoms with Gasteiger partial charge in [0.25, 0.3) is 0 Å². The lowest BCUT2D eigenvalue weighted by molar-refractivity contribution is 0.315. The molecule has 0 atom stereocenters. The van der Waals surface area contributed by atoms with Gasteiger partial charge in [0.1, 0.15) is 0 Å². The third-order valence-corrected chi connectivity index (χ3v) is 2.84. The molecule has 0 aliphatic heterocycles. The number of rotatable bonds is 4. The largest absolute Gasteiger partial charge is 0.413 e. The summed E-state index contributed by atoms with van der Waals surface area (Å²) in [5, 5.41) is 0. The van der Waals surface area contributed by atoms with Gasteiger partial charge in [0.2, 0.25) is 0 Å². The highest BCUT2D eigenvalue weighted by Gasteiger charge is 2.22. The van der Waals surface area contributed by atoms with Crippen LogP contribution in [0.25, 0.3) is 0 Å². The Hall–Kier alpha value is 0.570. The highest BCUT2D eigenvalue weighted by atomic mass is 32.3. The van der Waals surface area contributed by atoms with Crippen LogP contribution in [-0.4, -0.2) is 28.0 Å². The Labute approximate surface area is 64.3 Å². The van der Waals surface area contributed by atoms with Gasteiger partial charge in [-0.05, 0) is 0 Å². The summed E-state index contributed by atoms with van der Waals surface area (Å²) < 4.78 is 27.1. The molecule has 0 fully saturated rings. The smallest absolute Gasteiger partial charge is 0.327 e. The van der Waals surface area contributed by atoms with Gasteiger partial charge in [-0.15, -0.1) is 0 Å². The van der Waals surface area contributed by atoms with Gasteiger partial charge in [0.15, 0.2) is 0 Å². The lowest BCUT2D eigenvalue weighted by Gasteiger charge is -2.04. The van der Waals surface area contributed by atoms with E-state index in [0.29, 0.717) is 0 Å². The molecule has 4 N–H and O–H groups in total. The first-order chi connectivity index (χ1) is 4.83. The molecule has 0 spiro atoms. The molecule has 11 heteroatoms. The Morgan fingerprint density at radius 1 is 0.909 bits per heavy atom. The summed E-state index contributed by atoms with van der Waals surface area (Å²) >= 11 is 0. The Kier molecular flexibility index (Phi) is 4.80.